The number of aryl methyl sites for hydroxylation is 1. The molecule has 5 rings (SSSR count). The van der Waals surface area contributed by atoms with Crippen LogP contribution in [0.5, 0.6) is 0 Å². The first-order valence-corrected chi connectivity index (χ1v) is 10.4. The second kappa shape index (κ2) is 7.20. The van der Waals surface area contributed by atoms with Crippen molar-refractivity contribution in [3.05, 3.63) is 81.9 Å². The molecule has 1 spiro atoms. The molecule has 0 unspecified atom stereocenters. The molecule has 3 heterocycles. The third kappa shape index (κ3) is 3.03. The Balaban J connectivity index is 1.40. The number of hydrogen-bond acceptors (Lipinski definition) is 4. The average Bonchev–Trinajstić information content (AvgIpc) is 3.36. The Morgan fingerprint density at radius 1 is 1.00 bits per heavy atom. The van der Waals surface area contributed by atoms with Crippen LogP contribution in [0.1, 0.15) is 29.8 Å². The number of fused-ring (bicyclic) bond motifs is 2. The fraction of sp³-hybridized carbons (Fsp3) is 0.333. The molecule has 0 saturated carbocycles. The number of rotatable bonds is 3. The van der Waals surface area contributed by atoms with E-state index in [1.54, 1.807) is 4.57 Å². The van der Waals surface area contributed by atoms with Crippen molar-refractivity contribution in [1.29, 1.82) is 0 Å². The molecule has 1 fully saturated rings. The summed E-state index contributed by atoms with van der Waals surface area (Å²) in [6, 6.07) is 17.5. The number of amides is 1. The second-order valence-electron chi connectivity index (χ2n) is 8.39. The van der Waals surface area contributed by atoms with E-state index < -0.39 is 0 Å². The second-order valence-corrected chi connectivity index (χ2v) is 8.39. The standard InChI is InChI=1S/C24H24N4O2/c1-17-7-5-6-10-19(17)15-20(29)27-13-11-24(16-27)12-14-28-22(30)21(25-26-23(24)28)18-8-3-2-4-9-18/h2-10H,11-16H2,1H3/t24-/m0/s1. The maximum atomic E-state index is 13.1. The highest BCUT2D eigenvalue weighted by atomic mass is 16.2. The van der Waals surface area contributed by atoms with Gasteiger partial charge in [0.2, 0.25) is 5.91 Å². The monoisotopic (exact) mass is 400 g/mol. The molecule has 2 aliphatic rings. The largest absolute Gasteiger partial charge is 0.341 e. The molecule has 1 saturated heterocycles. The lowest BCUT2D eigenvalue weighted by Crippen LogP contribution is -2.36. The molecule has 2 aliphatic heterocycles. The maximum Gasteiger partial charge on any atom is 0.280 e. The van der Waals surface area contributed by atoms with Gasteiger partial charge in [-0.15, -0.1) is 10.2 Å². The van der Waals surface area contributed by atoms with Gasteiger partial charge in [0, 0.05) is 25.2 Å². The van der Waals surface area contributed by atoms with Gasteiger partial charge in [-0.25, -0.2) is 0 Å². The highest BCUT2D eigenvalue weighted by molar-refractivity contribution is 5.79. The van der Waals surface area contributed by atoms with Crippen molar-refractivity contribution >= 4 is 5.91 Å². The molecule has 1 amide bonds. The Labute approximate surface area is 175 Å². The summed E-state index contributed by atoms with van der Waals surface area (Å²) in [5.41, 5.74) is 3.03. The molecular formula is C24H24N4O2. The lowest BCUT2D eigenvalue weighted by Gasteiger charge is -2.23. The van der Waals surface area contributed by atoms with Crippen molar-refractivity contribution in [3.8, 4) is 11.3 Å². The number of carbonyl (C=O) groups excluding carboxylic acids is 1. The van der Waals surface area contributed by atoms with Crippen molar-refractivity contribution in [2.75, 3.05) is 13.1 Å². The number of carbonyl (C=O) groups is 1. The van der Waals surface area contributed by atoms with Crippen molar-refractivity contribution in [2.24, 2.45) is 0 Å². The molecular weight excluding hydrogens is 376 g/mol. The predicted molar refractivity (Wildman–Crippen MR) is 114 cm³/mol. The molecule has 1 atom stereocenters. The number of aromatic nitrogens is 3. The van der Waals surface area contributed by atoms with Crippen LogP contribution in [-0.4, -0.2) is 38.7 Å². The fourth-order valence-corrected chi connectivity index (χ4v) is 4.79. The van der Waals surface area contributed by atoms with E-state index in [1.807, 2.05) is 66.4 Å². The highest BCUT2D eigenvalue weighted by Crippen LogP contribution is 2.40. The zero-order valence-electron chi connectivity index (χ0n) is 17.0. The van der Waals surface area contributed by atoms with Crippen LogP contribution < -0.4 is 5.56 Å². The van der Waals surface area contributed by atoms with Crippen LogP contribution in [0, 0.1) is 6.92 Å². The molecule has 152 valence electrons. The van der Waals surface area contributed by atoms with Gasteiger partial charge in [-0.1, -0.05) is 54.6 Å². The zero-order valence-corrected chi connectivity index (χ0v) is 17.0. The summed E-state index contributed by atoms with van der Waals surface area (Å²) in [7, 11) is 0. The Morgan fingerprint density at radius 3 is 2.53 bits per heavy atom. The number of benzene rings is 2. The van der Waals surface area contributed by atoms with Gasteiger partial charge in [-0.2, -0.15) is 0 Å². The summed E-state index contributed by atoms with van der Waals surface area (Å²) in [6.45, 7) is 3.97. The smallest absolute Gasteiger partial charge is 0.280 e. The van der Waals surface area contributed by atoms with Crippen LogP contribution in [0.25, 0.3) is 11.3 Å². The van der Waals surface area contributed by atoms with Gasteiger partial charge in [0.25, 0.3) is 5.56 Å². The maximum absolute atomic E-state index is 13.1. The van der Waals surface area contributed by atoms with Gasteiger partial charge in [-0.05, 0) is 30.9 Å². The van der Waals surface area contributed by atoms with E-state index in [0.29, 0.717) is 31.7 Å². The molecule has 30 heavy (non-hydrogen) atoms. The van der Waals surface area contributed by atoms with Crippen LogP contribution >= 0.6 is 0 Å². The average molecular weight is 400 g/mol. The van der Waals surface area contributed by atoms with E-state index in [4.69, 9.17) is 0 Å². The predicted octanol–water partition coefficient (Wildman–Crippen LogP) is 2.73. The molecule has 1 aromatic heterocycles. The molecule has 0 aliphatic carbocycles. The quantitative estimate of drug-likeness (QED) is 0.678. The Kier molecular flexibility index (Phi) is 4.50. The SMILES string of the molecule is Cc1ccccc1CC(=O)N1CC[C@]2(CCn3c2nnc(-c2ccccc2)c3=O)C1. The van der Waals surface area contributed by atoms with Crippen LogP contribution in [0.2, 0.25) is 0 Å². The summed E-state index contributed by atoms with van der Waals surface area (Å²) in [6.07, 6.45) is 2.06. The molecule has 0 N–H and O–H groups in total. The minimum Gasteiger partial charge on any atom is -0.341 e. The van der Waals surface area contributed by atoms with Gasteiger partial charge in [0.15, 0.2) is 5.69 Å². The van der Waals surface area contributed by atoms with E-state index >= 15 is 0 Å². The van der Waals surface area contributed by atoms with Gasteiger partial charge < -0.3 is 4.90 Å². The Bertz CT molecular complexity index is 1170. The van der Waals surface area contributed by atoms with E-state index in [1.165, 1.54) is 0 Å². The first kappa shape index (κ1) is 18.7. The van der Waals surface area contributed by atoms with Gasteiger partial charge in [-0.3, -0.25) is 14.2 Å². The highest BCUT2D eigenvalue weighted by Gasteiger charge is 2.48. The van der Waals surface area contributed by atoms with E-state index in [9.17, 15) is 9.59 Å². The van der Waals surface area contributed by atoms with Crippen molar-refractivity contribution in [2.45, 2.75) is 38.1 Å². The molecule has 0 bridgehead atoms. The van der Waals surface area contributed by atoms with Crippen LogP contribution in [0.4, 0.5) is 0 Å². The molecule has 3 aromatic rings. The van der Waals surface area contributed by atoms with Crippen LogP contribution in [0.15, 0.2) is 59.4 Å². The lowest BCUT2D eigenvalue weighted by atomic mass is 9.85. The Hall–Kier alpha value is -3.28. The number of likely N-dealkylation sites (tertiary alicyclic amines) is 1. The molecule has 6 nitrogen and oxygen atoms in total. The summed E-state index contributed by atoms with van der Waals surface area (Å²) in [4.78, 5) is 28.0. The summed E-state index contributed by atoms with van der Waals surface area (Å²) >= 11 is 0. The number of hydrogen-bond donors (Lipinski definition) is 0. The van der Waals surface area contributed by atoms with E-state index in [0.717, 1.165) is 35.4 Å². The van der Waals surface area contributed by atoms with Gasteiger partial charge in [0.1, 0.15) is 5.82 Å². The van der Waals surface area contributed by atoms with Crippen molar-refractivity contribution in [1.82, 2.24) is 19.7 Å². The van der Waals surface area contributed by atoms with Gasteiger partial charge >= 0.3 is 0 Å². The van der Waals surface area contributed by atoms with Gasteiger partial charge in [0.05, 0.1) is 11.8 Å². The minimum atomic E-state index is -0.261. The van der Waals surface area contributed by atoms with Crippen LogP contribution in [0.3, 0.4) is 0 Å². The van der Waals surface area contributed by atoms with Crippen molar-refractivity contribution in [3.63, 3.8) is 0 Å². The Morgan fingerprint density at radius 2 is 1.73 bits per heavy atom. The normalized spacial score (nSPS) is 20.0. The lowest BCUT2D eigenvalue weighted by molar-refractivity contribution is -0.129. The third-order valence-electron chi connectivity index (χ3n) is 6.59. The summed E-state index contributed by atoms with van der Waals surface area (Å²) in [5.74, 6) is 0.870. The summed E-state index contributed by atoms with van der Waals surface area (Å²) < 4.78 is 1.77. The third-order valence-corrected chi connectivity index (χ3v) is 6.59. The number of nitrogens with zero attached hydrogens (tertiary/aromatic N) is 4. The van der Waals surface area contributed by atoms with Crippen LogP contribution in [-0.2, 0) is 23.2 Å². The molecule has 2 aromatic carbocycles. The minimum absolute atomic E-state index is 0.0900. The molecule has 6 heteroatoms. The summed E-state index contributed by atoms with van der Waals surface area (Å²) in [5, 5.41) is 8.80. The first-order chi connectivity index (χ1) is 14.6. The first-order valence-electron chi connectivity index (χ1n) is 10.4. The zero-order chi connectivity index (χ0) is 20.7. The van der Waals surface area contributed by atoms with E-state index in [2.05, 4.69) is 10.2 Å². The molecule has 0 radical (unpaired) electrons. The topological polar surface area (TPSA) is 68.1 Å². The van der Waals surface area contributed by atoms with Crippen molar-refractivity contribution < 1.29 is 4.79 Å². The fourth-order valence-electron chi connectivity index (χ4n) is 4.79. The van der Waals surface area contributed by atoms with E-state index in [-0.39, 0.29) is 16.9 Å².